The van der Waals surface area contributed by atoms with Crippen molar-refractivity contribution < 1.29 is 24.1 Å². The highest BCUT2D eigenvalue weighted by molar-refractivity contribution is 5.68. The molecule has 0 aromatic heterocycles. The molecule has 0 unspecified atom stereocenters. The van der Waals surface area contributed by atoms with Crippen LogP contribution in [-0.4, -0.2) is 75.3 Å². The Bertz CT molecular complexity index is 241. The minimum absolute atomic E-state index is 0.102. The molecule has 0 aromatic rings. The van der Waals surface area contributed by atoms with E-state index in [1.807, 2.05) is 0 Å². The fraction of sp³-hybridized carbons (Fsp3) is 0.923. The average Bonchev–Trinajstić information content (AvgIpc) is 2.41. The van der Waals surface area contributed by atoms with Gasteiger partial charge in [-0.2, -0.15) is 0 Å². The summed E-state index contributed by atoms with van der Waals surface area (Å²) in [6.45, 7) is 4.86. The van der Waals surface area contributed by atoms with Crippen LogP contribution in [0.3, 0.4) is 0 Å². The number of hydrogen-bond acceptors (Lipinski definition) is 5. The maximum Gasteiger partial charge on any atom is 0.329 e. The van der Waals surface area contributed by atoms with Crippen LogP contribution in [0, 0.1) is 0 Å². The summed E-state index contributed by atoms with van der Waals surface area (Å²) >= 11 is 0. The lowest BCUT2D eigenvalue weighted by Gasteiger charge is -2.31. The fourth-order valence-electron chi connectivity index (χ4n) is 2.12. The van der Waals surface area contributed by atoms with Gasteiger partial charge in [-0.3, -0.25) is 0 Å². The number of carboxylic acid groups (broad SMARTS) is 1. The topological polar surface area (TPSA) is 68.2 Å². The molecule has 6 nitrogen and oxygen atoms in total. The SMILES string of the molecule is COCCOCCCN1CCC(OCC(=O)O)CC1. The Balaban J connectivity index is 1.96. The molecule has 0 saturated carbocycles. The minimum atomic E-state index is -0.893. The van der Waals surface area contributed by atoms with E-state index in [1.54, 1.807) is 7.11 Å². The number of carbonyl (C=O) groups is 1. The molecule has 0 atom stereocenters. The predicted molar refractivity (Wildman–Crippen MR) is 70.4 cm³/mol. The Morgan fingerprint density at radius 2 is 2.00 bits per heavy atom. The second-order valence-corrected chi connectivity index (χ2v) is 4.70. The van der Waals surface area contributed by atoms with Gasteiger partial charge in [-0.25, -0.2) is 4.79 Å². The molecule has 0 spiro atoms. The summed E-state index contributed by atoms with van der Waals surface area (Å²) < 4.78 is 15.6. The number of aliphatic carboxylic acids is 1. The van der Waals surface area contributed by atoms with Crippen LogP contribution in [-0.2, 0) is 19.0 Å². The zero-order valence-corrected chi connectivity index (χ0v) is 11.7. The second kappa shape index (κ2) is 10.1. The zero-order valence-electron chi connectivity index (χ0n) is 11.7. The molecular weight excluding hydrogens is 250 g/mol. The highest BCUT2D eigenvalue weighted by atomic mass is 16.5. The third kappa shape index (κ3) is 8.15. The van der Waals surface area contributed by atoms with Crippen LogP contribution in [0.15, 0.2) is 0 Å². The molecule has 0 aromatic carbocycles. The first-order chi connectivity index (χ1) is 9.22. The Hall–Kier alpha value is -0.690. The van der Waals surface area contributed by atoms with E-state index in [2.05, 4.69) is 4.90 Å². The quantitative estimate of drug-likeness (QED) is 0.589. The van der Waals surface area contributed by atoms with Crippen molar-refractivity contribution >= 4 is 5.97 Å². The number of likely N-dealkylation sites (tertiary alicyclic amines) is 1. The van der Waals surface area contributed by atoms with Gasteiger partial charge in [0.15, 0.2) is 0 Å². The highest BCUT2D eigenvalue weighted by Gasteiger charge is 2.19. The van der Waals surface area contributed by atoms with Crippen molar-refractivity contribution in [1.82, 2.24) is 4.90 Å². The zero-order chi connectivity index (χ0) is 13.9. The molecule has 1 aliphatic rings. The lowest BCUT2D eigenvalue weighted by molar-refractivity contribution is -0.145. The molecule has 1 aliphatic heterocycles. The number of rotatable bonds is 10. The highest BCUT2D eigenvalue weighted by Crippen LogP contribution is 2.13. The summed E-state index contributed by atoms with van der Waals surface area (Å²) in [5, 5.41) is 8.54. The fourth-order valence-corrected chi connectivity index (χ4v) is 2.12. The van der Waals surface area contributed by atoms with E-state index in [4.69, 9.17) is 19.3 Å². The Labute approximate surface area is 114 Å². The van der Waals surface area contributed by atoms with Crippen LogP contribution in [0.1, 0.15) is 19.3 Å². The van der Waals surface area contributed by atoms with Gasteiger partial charge in [0.1, 0.15) is 6.61 Å². The number of nitrogens with zero attached hydrogens (tertiary/aromatic N) is 1. The smallest absolute Gasteiger partial charge is 0.329 e. The lowest BCUT2D eigenvalue weighted by Crippen LogP contribution is -2.38. The van der Waals surface area contributed by atoms with E-state index < -0.39 is 5.97 Å². The minimum Gasteiger partial charge on any atom is -0.480 e. The third-order valence-corrected chi connectivity index (χ3v) is 3.17. The predicted octanol–water partition coefficient (Wildman–Crippen LogP) is 0.605. The summed E-state index contributed by atoms with van der Waals surface area (Å²) in [5.74, 6) is -0.893. The number of piperidine rings is 1. The van der Waals surface area contributed by atoms with Crippen LogP contribution in [0.2, 0.25) is 0 Å². The normalized spacial score (nSPS) is 17.7. The van der Waals surface area contributed by atoms with Crippen molar-refractivity contribution in [2.24, 2.45) is 0 Å². The molecule has 1 N–H and O–H groups in total. The van der Waals surface area contributed by atoms with Crippen molar-refractivity contribution in [2.45, 2.75) is 25.4 Å². The summed E-state index contributed by atoms with van der Waals surface area (Å²) in [7, 11) is 1.67. The number of carboxylic acids is 1. The summed E-state index contributed by atoms with van der Waals surface area (Å²) in [4.78, 5) is 12.8. The number of ether oxygens (including phenoxy) is 3. The van der Waals surface area contributed by atoms with Crippen LogP contribution in [0.4, 0.5) is 0 Å². The molecule has 1 fully saturated rings. The lowest BCUT2D eigenvalue weighted by atomic mass is 10.1. The maximum atomic E-state index is 10.4. The number of methoxy groups -OCH3 is 1. The van der Waals surface area contributed by atoms with E-state index in [1.165, 1.54) is 0 Å². The van der Waals surface area contributed by atoms with Crippen molar-refractivity contribution in [3.63, 3.8) is 0 Å². The van der Waals surface area contributed by atoms with Crippen molar-refractivity contribution in [2.75, 3.05) is 53.2 Å². The van der Waals surface area contributed by atoms with Gasteiger partial charge in [-0.05, 0) is 19.3 Å². The van der Waals surface area contributed by atoms with Gasteiger partial charge in [-0.1, -0.05) is 0 Å². The molecule has 0 bridgehead atoms. The first-order valence-electron chi connectivity index (χ1n) is 6.85. The molecule has 6 heteroatoms. The van der Waals surface area contributed by atoms with Crippen LogP contribution in [0.5, 0.6) is 0 Å². The van der Waals surface area contributed by atoms with Gasteiger partial charge in [0.25, 0.3) is 0 Å². The molecule has 1 rings (SSSR count). The van der Waals surface area contributed by atoms with Crippen LogP contribution >= 0.6 is 0 Å². The van der Waals surface area contributed by atoms with Gasteiger partial charge in [0.2, 0.25) is 0 Å². The van der Waals surface area contributed by atoms with E-state index in [0.29, 0.717) is 13.2 Å². The molecule has 19 heavy (non-hydrogen) atoms. The van der Waals surface area contributed by atoms with Gasteiger partial charge in [0, 0.05) is 33.4 Å². The molecule has 0 aliphatic carbocycles. The van der Waals surface area contributed by atoms with Gasteiger partial charge in [0.05, 0.1) is 19.3 Å². The molecule has 0 radical (unpaired) electrons. The third-order valence-electron chi connectivity index (χ3n) is 3.17. The Kier molecular flexibility index (Phi) is 8.73. The molecule has 1 heterocycles. The maximum absolute atomic E-state index is 10.4. The number of hydrogen-bond donors (Lipinski definition) is 1. The van der Waals surface area contributed by atoms with E-state index >= 15 is 0 Å². The van der Waals surface area contributed by atoms with Gasteiger partial charge in [-0.15, -0.1) is 0 Å². The van der Waals surface area contributed by atoms with Gasteiger partial charge < -0.3 is 24.2 Å². The van der Waals surface area contributed by atoms with Crippen molar-refractivity contribution in [3.05, 3.63) is 0 Å². The van der Waals surface area contributed by atoms with Gasteiger partial charge >= 0.3 is 5.97 Å². The first kappa shape index (κ1) is 16.4. The standard InChI is InChI=1S/C13H25NO5/c1-17-9-10-18-8-2-5-14-6-3-12(4-7-14)19-11-13(15)16/h12H,2-11H2,1H3,(H,15,16). The second-order valence-electron chi connectivity index (χ2n) is 4.70. The van der Waals surface area contributed by atoms with Crippen LogP contribution < -0.4 is 0 Å². The molecule has 1 saturated heterocycles. The average molecular weight is 275 g/mol. The molecular formula is C13H25NO5. The summed E-state index contributed by atoms with van der Waals surface area (Å²) in [6, 6.07) is 0. The van der Waals surface area contributed by atoms with Crippen molar-refractivity contribution in [3.8, 4) is 0 Å². The van der Waals surface area contributed by atoms with Crippen LogP contribution in [0.25, 0.3) is 0 Å². The van der Waals surface area contributed by atoms with E-state index in [9.17, 15) is 4.79 Å². The molecule has 112 valence electrons. The Morgan fingerprint density at radius 3 is 2.63 bits per heavy atom. The van der Waals surface area contributed by atoms with E-state index in [-0.39, 0.29) is 12.7 Å². The largest absolute Gasteiger partial charge is 0.480 e. The summed E-state index contributed by atoms with van der Waals surface area (Å²) in [5.41, 5.74) is 0. The Morgan fingerprint density at radius 1 is 1.26 bits per heavy atom. The van der Waals surface area contributed by atoms with Crippen molar-refractivity contribution in [1.29, 1.82) is 0 Å². The summed E-state index contributed by atoms with van der Waals surface area (Å²) in [6.07, 6.45) is 2.95. The van der Waals surface area contributed by atoms with E-state index in [0.717, 1.165) is 45.5 Å². The first-order valence-corrected chi connectivity index (χ1v) is 6.85. The monoisotopic (exact) mass is 275 g/mol. The molecule has 0 amide bonds.